The Morgan fingerprint density at radius 1 is 1.39 bits per heavy atom. The predicted octanol–water partition coefficient (Wildman–Crippen LogP) is 1.98. The second-order valence-electron chi connectivity index (χ2n) is 5.32. The molecule has 1 saturated carbocycles. The summed E-state index contributed by atoms with van der Waals surface area (Å²) in [4.78, 5) is 22.5. The third-order valence-corrected chi connectivity index (χ3v) is 3.54. The van der Waals surface area contributed by atoms with Gasteiger partial charge in [0.25, 0.3) is 0 Å². The predicted molar refractivity (Wildman–Crippen MR) is 69.4 cm³/mol. The molecular formula is C13H24N2O3. The molecule has 5 heteroatoms. The molecule has 0 aromatic carbocycles. The van der Waals surface area contributed by atoms with Gasteiger partial charge in [0.2, 0.25) is 0 Å². The number of urea groups is 1. The summed E-state index contributed by atoms with van der Waals surface area (Å²) in [6.45, 7) is 4.77. The maximum Gasteiger partial charge on any atom is 0.326 e. The minimum Gasteiger partial charge on any atom is -0.480 e. The van der Waals surface area contributed by atoms with Crippen LogP contribution < -0.4 is 10.6 Å². The molecule has 3 atom stereocenters. The molecule has 2 amide bonds. The van der Waals surface area contributed by atoms with E-state index >= 15 is 0 Å². The molecule has 0 aliphatic heterocycles. The fourth-order valence-electron chi connectivity index (χ4n) is 2.50. The minimum atomic E-state index is -0.971. The van der Waals surface area contributed by atoms with E-state index in [1.165, 1.54) is 6.42 Å². The van der Waals surface area contributed by atoms with Crippen molar-refractivity contribution in [3.63, 3.8) is 0 Å². The standard InChI is InChI=1S/C13H24N2O3/c1-3-4-11(12(16)17)15-13(18)14-8-10-6-5-9(2)7-10/h9-11H,3-8H2,1-2H3,(H,16,17)(H2,14,15,18)/t9?,10?,11-/m0/s1. The van der Waals surface area contributed by atoms with E-state index in [1.807, 2.05) is 6.92 Å². The highest BCUT2D eigenvalue weighted by Gasteiger charge is 2.23. The molecule has 3 N–H and O–H groups in total. The number of carbonyl (C=O) groups excluding carboxylic acids is 1. The molecule has 0 radical (unpaired) electrons. The Balaban J connectivity index is 2.25. The summed E-state index contributed by atoms with van der Waals surface area (Å²) in [6.07, 6.45) is 4.72. The van der Waals surface area contributed by atoms with E-state index in [-0.39, 0.29) is 6.03 Å². The van der Waals surface area contributed by atoms with Crippen molar-refractivity contribution < 1.29 is 14.7 Å². The van der Waals surface area contributed by atoms with Gasteiger partial charge in [0.15, 0.2) is 0 Å². The molecule has 1 aliphatic rings. The summed E-state index contributed by atoms with van der Waals surface area (Å²) in [5.74, 6) is 0.313. The van der Waals surface area contributed by atoms with Gasteiger partial charge >= 0.3 is 12.0 Å². The average Bonchev–Trinajstić information content (AvgIpc) is 2.72. The smallest absolute Gasteiger partial charge is 0.326 e. The van der Waals surface area contributed by atoms with Crippen molar-refractivity contribution in [1.82, 2.24) is 10.6 Å². The van der Waals surface area contributed by atoms with Gasteiger partial charge < -0.3 is 15.7 Å². The Bertz CT molecular complexity index is 294. The van der Waals surface area contributed by atoms with Crippen LogP contribution in [0.25, 0.3) is 0 Å². The van der Waals surface area contributed by atoms with Gasteiger partial charge in [-0.05, 0) is 31.1 Å². The topological polar surface area (TPSA) is 78.4 Å². The molecule has 104 valence electrons. The Hall–Kier alpha value is -1.26. The van der Waals surface area contributed by atoms with Gasteiger partial charge in [-0.1, -0.05) is 26.7 Å². The zero-order valence-electron chi connectivity index (χ0n) is 11.2. The molecule has 0 aromatic rings. The van der Waals surface area contributed by atoms with E-state index in [0.29, 0.717) is 18.9 Å². The van der Waals surface area contributed by atoms with Crippen LogP contribution in [0.2, 0.25) is 0 Å². The Morgan fingerprint density at radius 2 is 2.11 bits per heavy atom. The van der Waals surface area contributed by atoms with Crippen LogP contribution in [0.1, 0.15) is 46.0 Å². The van der Waals surface area contributed by atoms with Crippen LogP contribution >= 0.6 is 0 Å². The van der Waals surface area contributed by atoms with Crippen molar-refractivity contribution in [1.29, 1.82) is 0 Å². The average molecular weight is 256 g/mol. The highest BCUT2D eigenvalue weighted by Crippen LogP contribution is 2.29. The molecular weight excluding hydrogens is 232 g/mol. The van der Waals surface area contributed by atoms with Crippen LogP contribution in [-0.2, 0) is 4.79 Å². The van der Waals surface area contributed by atoms with Gasteiger partial charge in [0.1, 0.15) is 6.04 Å². The molecule has 5 nitrogen and oxygen atoms in total. The molecule has 1 rings (SSSR count). The molecule has 2 unspecified atom stereocenters. The third-order valence-electron chi connectivity index (χ3n) is 3.54. The highest BCUT2D eigenvalue weighted by molar-refractivity contribution is 5.82. The number of carboxylic acids is 1. The SMILES string of the molecule is CCC[C@H](NC(=O)NCC1CCC(C)C1)C(=O)O. The summed E-state index contributed by atoms with van der Waals surface area (Å²) in [5.41, 5.74) is 0. The van der Waals surface area contributed by atoms with E-state index in [0.717, 1.165) is 25.2 Å². The lowest BCUT2D eigenvalue weighted by atomic mass is 10.1. The van der Waals surface area contributed by atoms with Crippen molar-refractivity contribution >= 4 is 12.0 Å². The van der Waals surface area contributed by atoms with Crippen molar-refractivity contribution in [3.05, 3.63) is 0 Å². The van der Waals surface area contributed by atoms with Crippen molar-refractivity contribution in [2.45, 2.75) is 52.0 Å². The van der Waals surface area contributed by atoms with Crippen LogP contribution in [0.15, 0.2) is 0 Å². The van der Waals surface area contributed by atoms with Gasteiger partial charge in [0.05, 0.1) is 0 Å². The van der Waals surface area contributed by atoms with E-state index in [4.69, 9.17) is 5.11 Å². The molecule has 0 spiro atoms. The summed E-state index contributed by atoms with van der Waals surface area (Å²) in [6, 6.07) is -1.15. The number of amides is 2. The van der Waals surface area contributed by atoms with Gasteiger partial charge in [-0.15, -0.1) is 0 Å². The van der Waals surface area contributed by atoms with Crippen LogP contribution in [0.3, 0.4) is 0 Å². The highest BCUT2D eigenvalue weighted by atomic mass is 16.4. The maximum atomic E-state index is 11.6. The Labute approximate surface area is 108 Å². The number of hydrogen-bond donors (Lipinski definition) is 3. The van der Waals surface area contributed by atoms with Gasteiger partial charge in [-0.2, -0.15) is 0 Å². The number of carbonyl (C=O) groups is 2. The first kappa shape index (κ1) is 14.8. The number of nitrogens with one attached hydrogen (secondary N) is 2. The zero-order valence-corrected chi connectivity index (χ0v) is 11.2. The van der Waals surface area contributed by atoms with Gasteiger partial charge in [0, 0.05) is 6.54 Å². The first-order chi connectivity index (χ1) is 8.52. The quantitative estimate of drug-likeness (QED) is 0.680. The van der Waals surface area contributed by atoms with Gasteiger partial charge in [-0.3, -0.25) is 0 Å². The monoisotopic (exact) mass is 256 g/mol. The van der Waals surface area contributed by atoms with Crippen LogP contribution in [0.5, 0.6) is 0 Å². The number of aliphatic carboxylic acids is 1. The van der Waals surface area contributed by atoms with Crippen molar-refractivity contribution in [2.75, 3.05) is 6.54 Å². The van der Waals surface area contributed by atoms with Crippen LogP contribution in [0.4, 0.5) is 4.79 Å². The maximum absolute atomic E-state index is 11.6. The first-order valence-electron chi connectivity index (χ1n) is 6.80. The van der Waals surface area contributed by atoms with E-state index in [1.54, 1.807) is 0 Å². The fourth-order valence-corrected chi connectivity index (χ4v) is 2.50. The lowest BCUT2D eigenvalue weighted by Gasteiger charge is -2.16. The molecule has 0 heterocycles. The van der Waals surface area contributed by atoms with Crippen molar-refractivity contribution in [2.24, 2.45) is 11.8 Å². The molecule has 18 heavy (non-hydrogen) atoms. The fraction of sp³-hybridized carbons (Fsp3) is 0.846. The molecule has 1 fully saturated rings. The van der Waals surface area contributed by atoms with Crippen molar-refractivity contribution in [3.8, 4) is 0 Å². The lowest BCUT2D eigenvalue weighted by molar-refractivity contribution is -0.139. The Kier molecular flexibility index (Phi) is 5.95. The molecule has 0 bridgehead atoms. The summed E-state index contributed by atoms with van der Waals surface area (Å²) < 4.78 is 0. The summed E-state index contributed by atoms with van der Waals surface area (Å²) in [5, 5.41) is 14.2. The summed E-state index contributed by atoms with van der Waals surface area (Å²) in [7, 11) is 0. The molecule has 0 aromatic heterocycles. The van der Waals surface area contributed by atoms with E-state index in [9.17, 15) is 9.59 Å². The lowest BCUT2D eigenvalue weighted by Crippen LogP contribution is -2.46. The second-order valence-corrected chi connectivity index (χ2v) is 5.32. The third kappa shape index (κ3) is 4.94. The van der Waals surface area contributed by atoms with E-state index < -0.39 is 12.0 Å². The second kappa shape index (κ2) is 7.24. The normalized spacial score (nSPS) is 24.6. The van der Waals surface area contributed by atoms with E-state index in [2.05, 4.69) is 17.6 Å². The Morgan fingerprint density at radius 3 is 2.61 bits per heavy atom. The number of rotatable bonds is 6. The number of hydrogen-bond acceptors (Lipinski definition) is 2. The molecule has 1 aliphatic carbocycles. The summed E-state index contributed by atoms with van der Waals surface area (Å²) >= 11 is 0. The molecule has 0 saturated heterocycles. The number of carboxylic acid groups (broad SMARTS) is 1. The first-order valence-corrected chi connectivity index (χ1v) is 6.80. The largest absolute Gasteiger partial charge is 0.480 e. The minimum absolute atomic E-state index is 0.365. The zero-order chi connectivity index (χ0) is 13.5. The van der Waals surface area contributed by atoms with Crippen LogP contribution in [0, 0.1) is 11.8 Å². The van der Waals surface area contributed by atoms with Crippen LogP contribution in [-0.4, -0.2) is 29.7 Å². The van der Waals surface area contributed by atoms with Gasteiger partial charge in [-0.25, -0.2) is 9.59 Å².